The van der Waals surface area contributed by atoms with Crippen molar-refractivity contribution in [2.75, 3.05) is 31.6 Å². The summed E-state index contributed by atoms with van der Waals surface area (Å²) < 4.78 is 38.6. The first-order valence-electron chi connectivity index (χ1n) is 8.72. The van der Waals surface area contributed by atoms with E-state index in [-0.39, 0.29) is 31.0 Å². The number of hydrogen-bond donors (Lipinski definition) is 3. The van der Waals surface area contributed by atoms with Gasteiger partial charge in [-0.3, -0.25) is 4.68 Å². The van der Waals surface area contributed by atoms with Crippen LogP contribution in [0.1, 0.15) is 30.9 Å². The minimum Gasteiger partial charge on any atom is -0.396 e. The van der Waals surface area contributed by atoms with Crippen molar-refractivity contribution in [2.24, 2.45) is 11.8 Å². The van der Waals surface area contributed by atoms with Crippen LogP contribution in [0.25, 0.3) is 0 Å². The van der Waals surface area contributed by atoms with Gasteiger partial charge in [-0.2, -0.15) is 18.3 Å². The van der Waals surface area contributed by atoms with E-state index in [2.05, 4.69) is 10.4 Å². The largest absolute Gasteiger partial charge is 0.408 e. The van der Waals surface area contributed by atoms with E-state index in [9.17, 15) is 23.1 Å². The Morgan fingerprint density at radius 3 is 2.54 bits per heavy atom. The summed E-state index contributed by atoms with van der Waals surface area (Å²) in [5, 5.41) is 25.2. The van der Waals surface area contributed by atoms with Gasteiger partial charge >= 0.3 is 12.2 Å². The number of carbonyl (C=O) groups is 1. The van der Waals surface area contributed by atoms with Gasteiger partial charge in [-0.1, -0.05) is 0 Å². The molecule has 2 aliphatic rings. The van der Waals surface area contributed by atoms with Crippen molar-refractivity contribution < 1.29 is 28.2 Å². The lowest BCUT2D eigenvalue weighted by atomic mass is 9.94. The van der Waals surface area contributed by atoms with Crippen molar-refractivity contribution in [3.05, 3.63) is 11.9 Å². The number of rotatable bonds is 6. The van der Waals surface area contributed by atoms with Gasteiger partial charge in [0.15, 0.2) is 0 Å². The normalized spacial score (nSPS) is 23.5. The predicted octanol–water partition coefficient (Wildman–Crippen LogP) is 1.78. The smallest absolute Gasteiger partial charge is 0.396 e. The number of nitrogens with one attached hydrogen (secondary N) is 1. The van der Waals surface area contributed by atoms with Crippen molar-refractivity contribution in [3.63, 3.8) is 0 Å². The summed E-state index contributed by atoms with van der Waals surface area (Å²) in [7, 11) is 0. The molecular formula is C16H23F3N4O3. The van der Waals surface area contributed by atoms with Crippen LogP contribution >= 0.6 is 0 Å². The zero-order valence-corrected chi connectivity index (χ0v) is 14.2. The van der Waals surface area contributed by atoms with E-state index in [0.717, 1.165) is 17.5 Å². The lowest BCUT2D eigenvalue weighted by Gasteiger charge is -2.17. The number of halogens is 3. The van der Waals surface area contributed by atoms with Crippen LogP contribution in [-0.4, -0.2) is 63.4 Å². The topological polar surface area (TPSA) is 90.6 Å². The summed E-state index contributed by atoms with van der Waals surface area (Å²) in [4.78, 5) is 14.1. The number of carbonyl (C=O) groups excluding carboxylic acids is 1. The maximum Gasteiger partial charge on any atom is 0.408 e. The van der Waals surface area contributed by atoms with Gasteiger partial charge < -0.3 is 20.4 Å². The minimum atomic E-state index is -4.38. The Bertz CT molecular complexity index is 645. The second-order valence-electron chi connectivity index (χ2n) is 7.07. The van der Waals surface area contributed by atoms with Crippen LogP contribution in [0.3, 0.4) is 0 Å². The van der Waals surface area contributed by atoms with E-state index < -0.39 is 18.8 Å². The molecular weight excluding hydrogens is 353 g/mol. The van der Waals surface area contributed by atoms with Crippen LogP contribution in [-0.2, 0) is 6.54 Å². The fourth-order valence-corrected chi connectivity index (χ4v) is 3.45. The monoisotopic (exact) mass is 376 g/mol. The number of aromatic nitrogens is 2. The maximum atomic E-state index is 12.6. The summed E-state index contributed by atoms with van der Waals surface area (Å²) >= 11 is 0. The van der Waals surface area contributed by atoms with Gasteiger partial charge in [-0.15, -0.1) is 0 Å². The first-order chi connectivity index (χ1) is 12.3. The van der Waals surface area contributed by atoms with E-state index in [1.165, 1.54) is 11.1 Å². The highest BCUT2D eigenvalue weighted by molar-refractivity contribution is 5.90. The number of urea groups is 1. The molecule has 26 heavy (non-hydrogen) atoms. The van der Waals surface area contributed by atoms with Gasteiger partial charge in [0, 0.05) is 44.3 Å². The number of aliphatic hydroxyl groups is 2. The molecule has 1 aliphatic heterocycles. The Morgan fingerprint density at radius 2 is 1.96 bits per heavy atom. The molecule has 1 saturated carbocycles. The minimum absolute atomic E-state index is 0.00612. The van der Waals surface area contributed by atoms with Crippen molar-refractivity contribution in [3.8, 4) is 0 Å². The van der Waals surface area contributed by atoms with Gasteiger partial charge in [0.1, 0.15) is 6.54 Å². The quantitative estimate of drug-likeness (QED) is 0.706. The molecule has 2 unspecified atom stereocenters. The molecule has 10 heteroatoms. The van der Waals surface area contributed by atoms with E-state index in [4.69, 9.17) is 5.11 Å². The van der Waals surface area contributed by atoms with Gasteiger partial charge in [0.2, 0.25) is 0 Å². The average Bonchev–Trinajstić information content (AvgIpc) is 3.20. The molecule has 2 heterocycles. The predicted molar refractivity (Wildman–Crippen MR) is 86.6 cm³/mol. The number of anilines is 1. The number of nitrogens with zero attached hydrogens (tertiary/aromatic N) is 3. The number of likely N-dealkylation sites (tertiary alicyclic amines) is 1. The third-order valence-corrected chi connectivity index (χ3v) is 4.94. The number of amides is 2. The van der Waals surface area contributed by atoms with Crippen molar-refractivity contribution in [2.45, 2.75) is 37.9 Å². The van der Waals surface area contributed by atoms with Crippen molar-refractivity contribution >= 4 is 11.7 Å². The molecule has 1 aromatic heterocycles. The molecule has 0 bridgehead atoms. The number of hydrogen-bond acceptors (Lipinski definition) is 4. The standard InChI is InChI=1S/C16H23F3N4O3/c17-16(18,19)9-23-7-13(14(21-23)10-1-2-10)20-15(26)22-5-11(3-4-24)12(6-22)8-25/h7,10-12,24-25H,1-6,8-9H2,(H,20,26). The van der Waals surface area contributed by atoms with Gasteiger partial charge in [0.05, 0.1) is 11.4 Å². The molecule has 1 aromatic rings. The lowest BCUT2D eigenvalue weighted by molar-refractivity contribution is -0.142. The Labute approximate surface area is 148 Å². The Kier molecular flexibility index (Phi) is 5.42. The molecule has 3 N–H and O–H groups in total. The molecule has 2 atom stereocenters. The first-order valence-corrected chi connectivity index (χ1v) is 8.72. The SMILES string of the molecule is O=C(Nc1cn(CC(F)(F)F)nc1C1CC1)N1CC(CO)C(CCO)C1. The second kappa shape index (κ2) is 7.43. The summed E-state index contributed by atoms with van der Waals surface area (Å²) in [5.41, 5.74) is 0.806. The molecule has 0 aromatic carbocycles. The third kappa shape index (κ3) is 4.47. The van der Waals surface area contributed by atoms with Gasteiger partial charge in [0.25, 0.3) is 0 Å². The van der Waals surface area contributed by atoms with Crippen LogP contribution in [0.15, 0.2) is 6.20 Å². The van der Waals surface area contributed by atoms with E-state index in [1.54, 1.807) is 0 Å². The molecule has 0 radical (unpaired) electrons. The van der Waals surface area contributed by atoms with Crippen molar-refractivity contribution in [1.82, 2.24) is 14.7 Å². The number of aliphatic hydroxyl groups excluding tert-OH is 2. The van der Waals surface area contributed by atoms with E-state index >= 15 is 0 Å². The molecule has 146 valence electrons. The highest BCUT2D eigenvalue weighted by atomic mass is 19.4. The molecule has 3 rings (SSSR count). The van der Waals surface area contributed by atoms with E-state index in [0.29, 0.717) is 30.9 Å². The highest BCUT2D eigenvalue weighted by Gasteiger charge is 2.36. The molecule has 1 saturated heterocycles. The van der Waals surface area contributed by atoms with Crippen LogP contribution in [0.2, 0.25) is 0 Å². The van der Waals surface area contributed by atoms with Crippen LogP contribution in [0.4, 0.5) is 23.7 Å². The lowest BCUT2D eigenvalue weighted by Crippen LogP contribution is -2.33. The third-order valence-electron chi connectivity index (χ3n) is 4.94. The Balaban J connectivity index is 1.69. The highest BCUT2D eigenvalue weighted by Crippen LogP contribution is 2.43. The summed E-state index contributed by atoms with van der Waals surface area (Å²) in [5.74, 6) is -0.0129. The van der Waals surface area contributed by atoms with Crippen molar-refractivity contribution in [1.29, 1.82) is 0 Å². The van der Waals surface area contributed by atoms with Crippen LogP contribution < -0.4 is 5.32 Å². The molecule has 2 fully saturated rings. The first kappa shape index (κ1) is 19.0. The summed E-state index contributed by atoms with van der Waals surface area (Å²) in [6.07, 6.45) is -0.966. The van der Waals surface area contributed by atoms with Gasteiger partial charge in [-0.25, -0.2) is 4.79 Å². The zero-order valence-electron chi connectivity index (χ0n) is 14.2. The zero-order chi connectivity index (χ0) is 18.9. The van der Waals surface area contributed by atoms with Gasteiger partial charge in [-0.05, 0) is 25.2 Å². The molecule has 1 aliphatic carbocycles. The molecule has 7 nitrogen and oxygen atoms in total. The number of alkyl halides is 3. The maximum absolute atomic E-state index is 12.6. The Morgan fingerprint density at radius 1 is 1.27 bits per heavy atom. The summed E-state index contributed by atoms with van der Waals surface area (Å²) in [6.45, 7) is -0.551. The molecule has 2 amide bonds. The fraction of sp³-hybridized carbons (Fsp3) is 0.750. The Hall–Kier alpha value is -1.81. The molecule has 0 spiro atoms. The fourth-order valence-electron chi connectivity index (χ4n) is 3.45. The second-order valence-corrected chi connectivity index (χ2v) is 7.07. The summed E-state index contributed by atoms with van der Waals surface area (Å²) in [6, 6.07) is -0.419. The van der Waals surface area contributed by atoms with E-state index in [1.807, 2.05) is 0 Å². The average molecular weight is 376 g/mol. The van der Waals surface area contributed by atoms with Crippen LogP contribution in [0.5, 0.6) is 0 Å². The van der Waals surface area contributed by atoms with Crippen LogP contribution in [0, 0.1) is 11.8 Å².